The summed E-state index contributed by atoms with van der Waals surface area (Å²) in [6, 6.07) is 8.80. The normalized spacial score (nSPS) is 19.2. The highest BCUT2D eigenvalue weighted by atomic mass is 16.5. The van der Waals surface area contributed by atoms with Gasteiger partial charge in [0.15, 0.2) is 5.96 Å². The lowest BCUT2D eigenvalue weighted by atomic mass is 10.00. The molecule has 1 saturated heterocycles. The van der Waals surface area contributed by atoms with E-state index >= 15 is 0 Å². The fraction of sp³-hybridized carbons (Fsp3) is 0.650. The van der Waals surface area contributed by atoms with Gasteiger partial charge in [-0.2, -0.15) is 0 Å². The summed E-state index contributed by atoms with van der Waals surface area (Å²) in [5, 5.41) is 6.83. The summed E-state index contributed by atoms with van der Waals surface area (Å²) in [5.41, 5.74) is 2.99. The first-order chi connectivity index (χ1) is 12.8. The number of ether oxygens (including phenoxy) is 1. The molecule has 26 heavy (non-hydrogen) atoms. The molecule has 2 N–H and O–H groups in total. The Balaban J connectivity index is 1.38. The average Bonchev–Trinajstić information content (AvgIpc) is 2.69. The summed E-state index contributed by atoms with van der Waals surface area (Å²) in [6.45, 7) is 12.7. The molecule has 2 aliphatic heterocycles. The molecule has 0 amide bonds. The molecule has 2 aliphatic rings. The third kappa shape index (κ3) is 5.97. The molecular weight excluding hydrogens is 326 g/mol. The van der Waals surface area contributed by atoms with Gasteiger partial charge in [0.2, 0.25) is 0 Å². The van der Waals surface area contributed by atoms with Crippen LogP contribution >= 0.6 is 0 Å². The number of nitrogens with zero attached hydrogens (tertiary/aromatic N) is 3. The zero-order valence-electron chi connectivity index (χ0n) is 16.0. The van der Waals surface area contributed by atoms with Gasteiger partial charge in [-0.1, -0.05) is 24.3 Å². The maximum Gasteiger partial charge on any atom is 0.191 e. The Hall–Kier alpha value is -1.63. The lowest BCUT2D eigenvalue weighted by Gasteiger charge is -2.29. The Labute approximate surface area is 157 Å². The molecule has 144 valence electrons. The molecule has 2 heterocycles. The fourth-order valence-corrected chi connectivity index (χ4v) is 3.55. The van der Waals surface area contributed by atoms with Crippen LogP contribution in [0.5, 0.6) is 0 Å². The maximum absolute atomic E-state index is 5.39. The van der Waals surface area contributed by atoms with Crippen molar-refractivity contribution in [3.05, 3.63) is 35.4 Å². The lowest BCUT2D eigenvalue weighted by molar-refractivity contribution is 0.0394. The zero-order chi connectivity index (χ0) is 18.0. The smallest absolute Gasteiger partial charge is 0.191 e. The van der Waals surface area contributed by atoms with Crippen LogP contribution < -0.4 is 10.6 Å². The Morgan fingerprint density at radius 1 is 1.04 bits per heavy atom. The van der Waals surface area contributed by atoms with Crippen molar-refractivity contribution >= 4 is 5.96 Å². The van der Waals surface area contributed by atoms with E-state index in [-0.39, 0.29) is 0 Å². The quantitative estimate of drug-likeness (QED) is 0.560. The van der Waals surface area contributed by atoms with Crippen molar-refractivity contribution in [2.75, 3.05) is 65.6 Å². The van der Waals surface area contributed by atoms with Gasteiger partial charge in [-0.05, 0) is 24.5 Å². The topological polar surface area (TPSA) is 52.1 Å². The highest BCUT2D eigenvalue weighted by Crippen LogP contribution is 2.17. The van der Waals surface area contributed by atoms with E-state index in [9.17, 15) is 0 Å². The molecule has 0 radical (unpaired) electrons. The molecule has 0 spiro atoms. The summed E-state index contributed by atoms with van der Waals surface area (Å²) in [7, 11) is 0. The van der Waals surface area contributed by atoms with E-state index in [1.807, 2.05) is 0 Å². The highest BCUT2D eigenvalue weighted by Gasteiger charge is 2.15. The van der Waals surface area contributed by atoms with Crippen LogP contribution in [-0.4, -0.2) is 81.3 Å². The minimum Gasteiger partial charge on any atom is -0.379 e. The molecule has 0 unspecified atom stereocenters. The molecule has 1 aromatic carbocycles. The third-order valence-electron chi connectivity index (χ3n) is 5.06. The number of morpholine rings is 1. The molecule has 0 aliphatic carbocycles. The van der Waals surface area contributed by atoms with Gasteiger partial charge < -0.3 is 15.4 Å². The Bertz CT molecular complexity index is 571. The summed E-state index contributed by atoms with van der Waals surface area (Å²) >= 11 is 0. The average molecular weight is 360 g/mol. The number of guanidine groups is 1. The van der Waals surface area contributed by atoms with E-state index in [2.05, 4.69) is 51.6 Å². The number of aliphatic imine (C=N–C) groups is 1. The predicted octanol–water partition coefficient (Wildman–Crippen LogP) is 0.932. The van der Waals surface area contributed by atoms with Crippen LogP contribution in [0.1, 0.15) is 18.1 Å². The van der Waals surface area contributed by atoms with E-state index in [1.165, 1.54) is 11.1 Å². The van der Waals surface area contributed by atoms with E-state index in [0.717, 1.165) is 84.5 Å². The SMILES string of the molecule is CCNC(=NCCN1CCOCC1)NCCN1CCc2ccccc2C1. The minimum absolute atomic E-state index is 0.826. The monoisotopic (exact) mass is 359 g/mol. The van der Waals surface area contributed by atoms with Gasteiger partial charge in [-0.25, -0.2) is 0 Å². The Morgan fingerprint density at radius 2 is 1.85 bits per heavy atom. The van der Waals surface area contributed by atoms with Gasteiger partial charge in [0.1, 0.15) is 0 Å². The van der Waals surface area contributed by atoms with Crippen LogP contribution in [0, 0.1) is 0 Å². The van der Waals surface area contributed by atoms with E-state index in [1.54, 1.807) is 0 Å². The molecular formula is C20H33N5O. The van der Waals surface area contributed by atoms with Crippen molar-refractivity contribution in [2.45, 2.75) is 19.9 Å². The van der Waals surface area contributed by atoms with Crippen LogP contribution in [-0.2, 0) is 17.7 Å². The molecule has 6 nitrogen and oxygen atoms in total. The predicted molar refractivity (Wildman–Crippen MR) is 107 cm³/mol. The molecule has 0 saturated carbocycles. The molecule has 0 bridgehead atoms. The second kappa shape index (κ2) is 10.5. The van der Waals surface area contributed by atoms with Crippen molar-refractivity contribution in [1.82, 2.24) is 20.4 Å². The Morgan fingerprint density at radius 3 is 2.65 bits per heavy atom. The lowest BCUT2D eigenvalue weighted by Crippen LogP contribution is -2.43. The van der Waals surface area contributed by atoms with E-state index in [4.69, 9.17) is 9.73 Å². The van der Waals surface area contributed by atoms with E-state index < -0.39 is 0 Å². The number of benzene rings is 1. The number of rotatable bonds is 7. The highest BCUT2D eigenvalue weighted by molar-refractivity contribution is 5.79. The summed E-state index contributed by atoms with van der Waals surface area (Å²) in [4.78, 5) is 9.66. The van der Waals surface area contributed by atoms with Gasteiger partial charge in [0.05, 0.1) is 19.8 Å². The maximum atomic E-state index is 5.39. The van der Waals surface area contributed by atoms with Gasteiger partial charge in [0.25, 0.3) is 0 Å². The van der Waals surface area contributed by atoms with Crippen molar-refractivity contribution in [3.8, 4) is 0 Å². The Kier molecular flexibility index (Phi) is 7.73. The van der Waals surface area contributed by atoms with Crippen LogP contribution in [0.25, 0.3) is 0 Å². The molecule has 0 aromatic heterocycles. The van der Waals surface area contributed by atoms with Gasteiger partial charge in [0, 0.05) is 52.4 Å². The third-order valence-corrected chi connectivity index (χ3v) is 5.06. The van der Waals surface area contributed by atoms with E-state index in [0.29, 0.717) is 0 Å². The second-order valence-corrected chi connectivity index (χ2v) is 6.94. The number of hydrogen-bond donors (Lipinski definition) is 2. The number of hydrogen-bond acceptors (Lipinski definition) is 4. The van der Waals surface area contributed by atoms with Crippen molar-refractivity contribution in [3.63, 3.8) is 0 Å². The number of fused-ring (bicyclic) bond motifs is 1. The standard InChI is InChI=1S/C20H33N5O/c1-2-21-20(22-8-11-24-13-15-26-16-14-24)23-9-12-25-10-7-18-5-3-4-6-19(18)17-25/h3-6H,2,7-17H2,1H3,(H2,21,22,23). The van der Waals surface area contributed by atoms with Crippen molar-refractivity contribution in [2.24, 2.45) is 4.99 Å². The van der Waals surface area contributed by atoms with Crippen molar-refractivity contribution in [1.29, 1.82) is 0 Å². The first-order valence-corrected chi connectivity index (χ1v) is 9.96. The molecule has 1 aromatic rings. The van der Waals surface area contributed by atoms with Crippen LogP contribution in [0.2, 0.25) is 0 Å². The van der Waals surface area contributed by atoms with Crippen molar-refractivity contribution < 1.29 is 4.74 Å². The number of nitrogens with one attached hydrogen (secondary N) is 2. The first kappa shape index (κ1) is 19.1. The largest absolute Gasteiger partial charge is 0.379 e. The first-order valence-electron chi connectivity index (χ1n) is 9.96. The minimum atomic E-state index is 0.826. The fourth-order valence-electron chi connectivity index (χ4n) is 3.55. The summed E-state index contributed by atoms with van der Waals surface area (Å²) < 4.78 is 5.39. The van der Waals surface area contributed by atoms with Crippen LogP contribution in [0.15, 0.2) is 29.3 Å². The molecule has 1 fully saturated rings. The molecule has 3 rings (SSSR count). The van der Waals surface area contributed by atoms with Gasteiger partial charge >= 0.3 is 0 Å². The molecule has 6 heteroatoms. The van der Waals surface area contributed by atoms with Crippen LogP contribution in [0.3, 0.4) is 0 Å². The van der Waals surface area contributed by atoms with Gasteiger partial charge in [-0.15, -0.1) is 0 Å². The summed E-state index contributed by atoms with van der Waals surface area (Å²) in [5.74, 6) is 0.929. The molecule has 0 atom stereocenters. The summed E-state index contributed by atoms with van der Waals surface area (Å²) in [6.07, 6.45) is 1.16. The van der Waals surface area contributed by atoms with Crippen LogP contribution in [0.4, 0.5) is 0 Å². The zero-order valence-corrected chi connectivity index (χ0v) is 16.0. The second-order valence-electron chi connectivity index (χ2n) is 6.94. The van der Waals surface area contributed by atoms with Gasteiger partial charge in [-0.3, -0.25) is 14.8 Å².